The van der Waals surface area contributed by atoms with Crippen LogP contribution in [0, 0.1) is 0 Å². The molecule has 0 aliphatic heterocycles. The van der Waals surface area contributed by atoms with Crippen LogP contribution in [0.5, 0.6) is 0 Å². The summed E-state index contributed by atoms with van der Waals surface area (Å²) in [7, 11) is 2.02. The van der Waals surface area contributed by atoms with Gasteiger partial charge in [-0.25, -0.2) is 0 Å². The Morgan fingerprint density at radius 1 is 1.16 bits per heavy atom. The van der Waals surface area contributed by atoms with Crippen molar-refractivity contribution >= 4 is 11.3 Å². The first-order chi connectivity index (χ1) is 9.28. The van der Waals surface area contributed by atoms with Crippen molar-refractivity contribution in [3.8, 4) is 0 Å². The molecule has 1 unspecified atom stereocenters. The Morgan fingerprint density at radius 3 is 2.58 bits per heavy atom. The van der Waals surface area contributed by atoms with E-state index in [0.717, 1.165) is 19.3 Å². The van der Waals surface area contributed by atoms with Gasteiger partial charge in [0.15, 0.2) is 0 Å². The molecule has 2 nitrogen and oxygen atoms in total. The Bertz CT molecular complexity index is 519. The fourth-order valence-corrected chi connectivity index (χ4v) is 3.33. The molecule has 0 saturated heterocycles. The van der Waals surface area contributed by atoms with Gasteiger partial charge in [-0.1, -0.05) is 19.9 Å². The van der Waals surface area contributed by atoms with E-state index in [1.165, 1.54) is 21.0 Å². The second-order valence-electron chi connectivity index (χ2n) is 4.67. The van der Waals surface area contributed by atoms with E-state index in [9.17, 15) is 0 Å². The van der Waals surface area contributed by atoms with Crippen LogP contribution >= 0.6 is 11.3 Å². The summed E-state index contributed by atoms with van der Waals surface area (Å²) in [6.07, 6.45) is 5.07. The minimum Gasteiger partial charge on any atom is -0.311 e. The van der Waals surface area contributed by atoms with Crippen molar-refractivity contribution in [3.05, 3.63) is 51.5 Å². The lowest BCUT2D eigenvalue weighted by atomic mass is 10.0. The lowest BCUT2D eigenvalue weighted by Crippen LogP contribution is -2.21. The lowest BCUT2D eigenvalue weighted by Gasteiger charge is -2.17. The van der Waals surface area contributed by atoms with Crippen LogP contribution in [0.1, 0.15) is 40.9 Å². The molecular formula is C16H22N2S. The highest BCUT2D eigenvalue weighted by Crippen LogP contribution is 2.25. The number of thiophene rings is 1. The first-order valence-corrected chi connectivity index (χ1v) is 7.78. The van der Waals surface area contributed by atoms with Crippen molar-refractivity contribution in [1.82, 2.24) is 10.3 Å². The van der Waals surface area contributed by atoms with Gasteiger partial charge in [-0.15, -0.1) is 11.3 Å². The van der Waals surface area contributed by atoms with Crippen LogP contribution in [-0.2, 0) is 19.3 Å². The predicted molar refractivity (Wildman–Crippen MR) is 82.8 cm³/mol. The number of aryl methyl sites for hydroxylation is 2. The summed E-state index contributed by atoms with van der Waals surface area (Å²) < 4.78 is 0. The van der Waals surface area contributed by atoms with Crippen molar-refractivity contribution in [2.45, 2.75) is 39.2 Å². The summed E-state index contributed by atoms with van der Waals surface area (Å²) >= 11 is 1.92. The van der Waals surface area contributed by atoms with Crippen molar-refractivity contribution in [2.24, 2.45) is 0 Å². The highest BCUT2D eigenvalue weighted by atomic mass is 32.1. The Kier molecular flexibility index (Phi) is 5.11. The predicted octanol–water partition coefficient (Wildman–Crippen LogP) is 3.77. The summed E-state index contributed by atoms with van der Waals surface area (Å²) in [4.78, 5) is 7.48. The molecule has 0 radical (unpaired) electrons. The van der Waals surface area contributed by atoms with Crippen LogP contribution < -0.4 is 5.32 Å². The molecule has 2 rings (SSSR count). The average Bonchev–Trinajstić information content (AvgIpc) is 2.92. The van der Waals surface area contributed by atoms with E-state index in [-0.39, 0.29) is 0 Å². The van der Waals surface area contributed by atoms with Crippen molar-refractivity contribution < 1.29 is 0 Å². The molecular weight excluding hydrogens is 252 g/mol. The van der Waals surface area contributed by atoms with Gasteiger partial charge in [-0.2, -0.15) is 0 Å². The van der Waals surface area contributed by atoms with Gasteiger partial charge in [0.25, 0.3) is 0 Å². The zero-order chi connectivity index (χ0) is 13.7. The number of likely N-dealkylation sites (N-methyl/N-ethyl adjacent to an activating group) is 1. The van der Waals surface area contributed by atoms with Crippen LogP contribution in [-0.4, -0.2) is 12.0 Å². The van der Waals surface area contributed by atoms with E-state index in [1.54, 1.807) is 0 Å². The smallest absolute Gasteiger partial charge is 0.0608 e. The number of hydrogen-bond donors (Lipinski definition) is 1. The van der Waals surface area contributed by atoms with Crippen LogP contribution in [0.2, 0.25) is 0 Å². The molecule has 2 aromatic heterocycles. The Balaban J connectivity index is 2.19. The monoisotopic (exact) mass is 274 g/mol. The molecule has 19 heavy (non-hydrogen) atoms. The summed E-state index contributed by atoms with van der Waals surface area (Å²) in [6, 6.07) is 9.00. The van der Waals surface area contributed by atoms with Crippen molar-refractivity contribution in [1.29, 1.82) is 0 Å². The highest BCUT2D eigenvalue weighted by molar-refractivity contribution is 7.11. The molecule has 0 bridgehead atoms. The number of aromatic nitrogens is 1. The fourth-order valence-electron chi connectivity index (χ4n) is 2.32. The van der Waals surface area contributed by atoms with Gasteiger partial charge in [0.2, 0.25) is 0 Å². The normalized spacial score (nSPS) is 12.6. The second-order valence-corrected chi connectivity index (χ2v) is 5.92. The van der Waals surface area contributed by atoms with Crippen molar-refractivity contribution in [2.75, 3.05) is 7.05 Å². The Labute approximate surface area is 119 Å². The van der Waals surface area contributed by atoms with Gasteiger partial charge in [-0.05, 0) is 43.7 Å². The maximum absolute atomic E-state index is 4.59. The third-order valence-corrected chi connectivity index (χ3v) is 4.71. The first-order valence-electron chi connectivity index (χ1n) is 6.97. The van der Waals surface area contributed by atoms with Crippen LogP contribution in [0.4, 0.5) is 0 Å². The van der Waals surface area contributed by atoms with Gasteiger partial charge < -0.3 is 5.32 Å². The minimum atomic E-state index is 0.305. The standard InChI is InChI=1S/C16H22N2S/c1-4-12-7-6-10-18-16(12)15(17-3)11-14-9-8-13(5-2)19-14/h6-10,15,17H,4-5,11H2,1-3H3. The van der Waals surface area contributed by atoms with Gasteiger partial charge >= 0.3 is 0 Å². The molecule has 0 aliphatic carbocycles. The first kappa shape index (κ1) is 14.2. The molecule has 0 fully saturated rings. The average molecular weight is 274 g/mol. The minimum absolute atomic E-state index is 0.305. The summed E-state index contributed by atoms with van der Waals surface area (Å²) in [6.45, 7) is 4.40. The molecule has 2 aromatic rings. The molecule has 1 N–H and O–H groups in total. The Morgan fingerprint density at radius 2 is 1.95 bits per heavy atom. The summed E-state index contributed by atoms with van der Waals surface area (Å²) in [5.74, 6) is 0. The van der Waals surface area contributed by atoms with E-state index in [1.807, 2.05) is 30.6 Å². The molecule has 0 aliphatic rings. The molecule has 2 heterocycles. The van der Waals surface area contributed by atoms with Gasteiger partial charge in [0.05, 0.1) is 11.7 Å². The molecule has 1 atom stereocenters. The summed E-state index contributed by atoms with van der Waals surface area (Å²) in [5.41, 5.74) is 2.54. The molecule has 102 valence electrons. The number of rotatable bonds is 6. The van der Waals surface area contributed by atoms with Crippen LogP contribution in [0.3, 0.4) is 0 Å². The van der Waals surface area contributed by atoms with E-state index >= 15 is 0 Å². The van der Waals surface area contributed by atoms with Gasteiger partial charge in [0.1, 0.15) is 0 Å². The van der Waals surface area contributed by atoms with Crippen LogP contribution in [0.15, 0.2) is 30.5 Å². The Hall–Kier alpha value is -1.19. The maximum atomic E-state index is 4.59. The van der Waals surface area contributed by atoms with E-state index in [2.05, 4.69) is 42.3 Å². The maximum Gasteiger partial charge on any atom is 0.0608 e. The second kappa shape index (κ2) is 6.83. The number of nitrogens with one attached hydrogen (secondary N) is 1. The van der Waals surface area contributed by atoms with E-state index in [4.69, 9.17) is 0 Å². The number of pyridine rings is 1. The van der Waals surface area contributed by atoms with Gasteiger partial charge in [-0.3, -0.25) is 4.98 Å². The van der Waals surface area contributed by atoms with Crippen LogP contribution in [0.25, 0.3) is 0 Å². The topological polar surface area (TPSA) is 24.9 Å². The lowest BCUT2D eigenvalue weighted by molar-refractivity contribution is 0.574. The summed E-state index contributed by atoms with van der Waals surface area (Å²) in [5, 5.41) is 3.41. The SMILES string of the molecule is CCc1ccc(CC(NC)c2ncccc2CC)s1. The number of nitrogens with zero attached hydrogens (tertiary/aromatic N) is 1. The van der Waals surface area contributed by atoms with Gasteiger partial charge in [0, 0.05) is 22.4 Å². The molecule has 3 heteroatoms. The largest absolute Gasteiger partial charge is 0.311 e. The third kappa shape index (κ3) is 3.43. The fraction of sp³-hybridized carbons (Fsp3) is 0.438. The highest BCUT2D eigenvalue weighted by Gasteiger charge is 2.15. The van der Waals surface area contributed by atoms with E-state index in [0.29, 0.717) is 6.04 Å². The van der Waals surface area contributed by atoms with Crippen molar-refractivity contribution in [3.63, 3.8) is 0 Å². The zero-order valence-corrected chi connectivity index (χ0v) is 12.8. The molecule has 0 aromatic carbocycles. The quantitative estimate of drug-likeness (QED) is 0.867. The zero-order valence-electron chi connectivity index (χ0n) is 11.9. The molecule has 0 spiro atoms. The van der Waals surface area contributed by atoms with E-state index < -0.39 is 0 Å². The molecule has 0 saturated carbocycles. The molecule has 0 amide bonds. The third-order valence-electron chi connectivity index (χ3n) is 3.46. The number of hydrogen-bond acceptors (Lipinski definition) is 3.